The van der Waals surface area contributed by atoms with Gasteiger partial charge in [0, 0.05) is 55.6 Å². The van der Waals surface area contributed by atoms with E-state index in [9.17, 15) is 14.4 Å². The molecule has 2 aliphatic heterocycles. The van der Waals surface area contributed by atoms with Crippen molar-refractivity contribution < 1.29 is 14.4 Å². The van der Waals surface area contributed by atoms with Crippen LogP contribution < -0.4 is 5.32 Å². The minimum absolute atomic E-state index is 0.0233. The lowest BCUT2D eigenvalue weighted by molar-refractivity contribution is -0.135. The monoisotopic (exact) mass is 438 g/mol. The normalized spacial score (nSPS) is 19.5. The summed E-state index contributed by atoms with van der Waals surface area (Å²) in [6.45, 7) is 8.27. The maximum Gasteiger partial charge on any atom is 0.238 e. The van der Waals surface area contributed by atoms with Crippen LogP contribution >= 0.6 is 23.4 Å². The van der Waals surface area contributed by atoms with Crippen LogP contribution in [0.2, 0.25) is 5.02 Å². The van der Waals surface area contributed by atoms with E-state index in [-0.39, 0.29) is 24.1 Å². The fourth-order valence-electron chi connectivity index (χ4n) is 3.57. The van der Waals surface area contributed by atoms with E-state index in [2.05, 4.69) is 10.2 Å². The number of anilines is 1. The number of halogens is 1. The summed E-state index contributed by atoms with van der Waals surface area (Å²) in [7, 11) is 0. The average Bonchev–Trinajstić information content (AvgIpc) is 2.70. The number of rotatable bonds is 6. The Morgan fingerprint density at radius 3 is 2.55 bits per heavy atom. The predicted molar refractivity (Wildman–Crippen MR) is 115 cm³/mol. The first kappa shape index (κ1) is 21.9. The molecule has 158 valence electrons. The van der Waals surface area contributed by atoms with Crippen molar-refractivity contribution in [2.75, 3.05) is 51.1 Å². The van der Waals surface area contributed by atoms with Gasteiger partial charge in [-0.2, -0.15) is 0 Å². The minimum atomic E-state index is -0.446. The number of piperazine rings is 1. The number of benzene rings is 1. The number of nitrogens with zero attached hydrogens (tertiary/aromatic N) is 3. The molecule has 1 N–H and O–H groups in total. The second-order valence-electron chi connectivity index (χ2n) is 7.16. The number of carbonyl (C=O) groups is 3. The number of nitrogens with one attached hydrogen (secondary N) is 1. The maximum atomic E-state index is 12.7. The van der Waals surface area contributed by atoms with Crippen molar-refractivity contribution in [3.8, 4) is 0 Å². The molecule has 1 saturated heterocycles. The van der Waals surface area contributed by atoms with E-state index in [0.29, 0.717) is 56.5 Å². The van der Waals surface area contributed by atoms with Gasteiger partial charge in [0.05, 0.1) is 17.5 Å². The maximum absolute atomic E-state index is 12.7. The zero-order valence-electron chi connectivity index (χ0n) is 16.8. The molecule has 0 spiro atoms. The van der Waals surface area contributed by atoms with Crippen molar-refractivity contribution in [2.45, 2.75) is 30.4 Å². The molecule has 0 radical (unpaired) electrons. The lowest BCUT2D eigenvalue weighted by Crippen LogP contribution is -2.52. The summed E-state index contributed by atoms with van der Waals surface area (Å²) in [5.41, 5.74) is 0.697. The predicted octanol–water partition coefficient (Wildman–Crippen LogP) is 2.16. The summed E-state index contributed by atoms with van der Waals surface area (Å²) in [5.74, 6) is -0.0600. The molecule has 3 rings (SSSR count). The van der Waals surface area contributed by atoms with Crippen LogP contribution in [0.5, 0.6) is 0 Å². The van der Waals surface area contributed by atoms with Gasteiger partial charge in [-0.25, -0.2) is 0 Å². The summed E-state index contributed by atoms with van der Waals surface area (Å²) in [6.07, 6.45) is 0.164. The second kappa shape index (κ2) is 9.82. The molecule has 1 aromatic carbocycles. The Kier molecular flexibility index (Phi) is 7.43. The Bertz CT molecular complexity index is 779. The van der Waals surface area contributed by atoms with E-state index in [1.165, 1.54) is 11.8 Å². The Morgan fingerprint density at radius 1 is 1.21 bits per heavy atom. The Labute approximate surface area is 180 Å². The number of hydrogen-bond acceptors (Lipinski definition) is 5. The van der Waals surface area contributed by atoms with Crippen molar-refractivity contribution in [2.24, 2.45) is 0 Å². The highest BCUT2D eigenvalue weighted by atomic mass is 35.5. The third kappa shape index (κ3) is 5.43. The molecule has 3 amide bonds. The number of carbonyl (C=O) groups excluding carboxylic acids is 3. The molecular formula is C20H27ClN4O3S. The zero-order valence-corrected chi connectivity index (χ0v) is 18.4. The second-order valence-corrected chi connectivity index (χ2v) is 8.84. The van der Waals surface area contributed by atoms with Crippen molar-refractivity contribution in [3.63, 3.8) is 0 Å². The third-order valence-corrected chi connectivity index (χ3v) is 6.83. The SMILES string of the molecule is CCN(CC)C(=O)CN1CCN(C(=O)C[C@H]2Sc3ccc(Cl)cc3NC2=O)CC1. The van der Waals surface area contributed by atoms with Gasteiger partial charge in [0.25, 0.3) is 0 Å². The molecule has 1 aromatic rings. The van der Waals surface area contributed by atoms with Gasteiger partial charge in [0.1, 0.15) is 0 Å². The molecule has 7 nitrogen and oxygen atoms in total. The van der Waals surface area contributed by atoms with Gasteiger partial charge < -0.3 is 15.1 Å². The van der Waals surface area contributed by atoms with Gasteiger partial charge in [0.15, 0.2) is 0 Å². The number of likely N-dealkylation sites (N-methyl/N-ethyl adjacent to an activating group) is 1. The molecular weight excluding hydrogens is 412 g/mol. The number of fused-ring (bicyclic) bond motifs is 1. The number of hydrogen-bond donors (Lipinski definition) is 1. The Morgan fingerprint density at radius 2 is 1.90 bits per heavy atom. The molecule has 2 heterocycles. The van der Waals surface area contributed by atoms with Gasteiger partial charge in [-0.15, -0.1) is 11.8 Å². The first-order valence-electron chi connectivity index (χ1n) is 9.96. The first-order chi connectivity index (χ1) is 13.9. The van der Waals surface area contributed by atoms with Gasteiger partial charge >= 0.3 is 0 Å². The molecule has 0 unspecified atom stereocenters. The lowest BCUT2D eigenvalue weighted by atomic mass is 10.2. The van der Waals surface area contributed by atoms with Gasteiger partial charge in [-0.05, 0) is 32.0 Å². The smallest absolute Gasteiger partial charge is 0.238 e. The molecule has 1 fully saturated rings. The highest BCUT2D eigenvalue weighted by molar-refractivity contribution is 8.01. The first-order valence-corrected chi connectivity index (χ1v) is 11.2. The quantitative estimate of drug-likeness (QED) is 0.736. The number of amides is 3. The van der Waals surface area contributed by atoms with E-state index in [0.717, 1.165) is 4.90 Å². The molecule has 1 atom stereocenters. The molecule has 29 heavy (non-hydrogen) atoms. The molecule has 2 aliphatic rings. The van der Waals surface area contributed by atoms with Crippen LogP contribution in [0.15, 0.2) is 23.1 Å². The third-order valence-electron chi connectivity index (χ3n) is 5.32. The van der Waals surface area contributed by atoms with E-state index in [1.807, 2.05) is 24.8 Å². The highest BCUT2D eigenvalue weighted by Crippen LogP contribution is 2.38. The molecule has 0 aliphatic carbocycles. The van der Waals surface area contributed by atoms with Crippen LogP contribution in [0.4, 0.5) is 5.69 Å². The Balaban J connectivity index is 1.49. The van der Waals surface area contributed by atoms with E-state index in [4.69, 9.17) is 11.6 Å². The molecule has 0 bridgehead atoms. The Hall–Kier alpha value is -1.77. The lowest BCUT2D eigenvalue weighted by Gasteiger charge is -2.36. The van der Waals surface area contributed by atoms with Crippen LogP contribution in [0, 0.1) is 0 Å². The minimum Gasteiger partial charge on any atom is -0.342 e. The molecule has 0 aromatic heterocycles. The number of thioether (sulfide) groups is 1. The van der Waals surface area contributed by atoms with Crippen LogP contribution in [0.3, 0.4) is 0 Å². The summed E-state index contributed by atoms with van der Waals surface area (Å²) >= 11 is 7.38. The van der Waals surface area contributed by atoms with Crippen LogP contribution in [-0.2, 0) is 14.4 Å². The van der Waals surface area contributed by atoms with Crippen LogP contribution in [0.25, 0.3) is 0 Å². The van der Waals surface area contributed by atoms with Crippen LogP contribution in [-0.4, -0.2) is 83.5 Å². The molecule has 0 saturated carbocycles. The summed E-state index contributed by atoms with van der Waals surface area (Å²) < 4.78 is 0. The van der Waals surface area contributed by atoms with Crippen molar-refractivity contribution in [1.82, 2.24) is 14.7 Å². The van der Waals surface area contributed by atoms with E-state index < -0.39 is 5.25 Å². The fourth-order valence-corrected chi connectivity index (χ4v) is 4.82. The average molecular weight is 439 g/mol. The summed E-state index contributed by atoms with van der Waals surface area (Å²) in [6, 6.07) is 5.37. The van der Waals surface area contributed by atoms with Crippen molar-refractivity contribution in [1.29, 1.82) is 0 Å². The topological polar surface area (TPSA) is 73.0 Å². The van der Waals surface area contributed by atoms with E-state index >= 15 is 0 Å². The van der Waals surface area contributed by atoms with Gasteiger partial charge in [-0.1, -0.05) is 11.6 Å². The van der Waals surface area contributed by atoms with Crippen molar-refractivity contribution >= 4 is 46.8 Å². The van der Waals surface area contributed by atoms with Crippen LogP contribution in [0.1, 0.15) is 20.3 Å². The van der Waals surface area contributed by atoms with E-state index in [1.54, 1.807) is 17.0 Å². The summed E-state index contributed by atoms with van der Waals surface area (Å²) in [5, 5.41) is 2.96. The zero-order chi connectivity index (χ0) is 21.0. The molecule has 9 heteroatoms. The largest absolute Gasteiger partial charge is 0.342 e. The highest BCUT2D eigenvalue weighted by Gasteiger charge is 2.32. The van der Waals surface area contributed by atoms with Gasteiger partial charge in [-0.3, -0.25) is 19.3 Å². The van der Waals surface area contributed by atoms with Gasteiger partial charge in [0.2, 0.25) is 17.7 Å². The van der Waals surface area contributed by atoms with Crippen molar-refractivity contribution in [3.05, 3.63) is 23.2 Å². The standard InChI is InChI=1S/C20H27ClN4O3S/c1-3-24(4-2)19(27)13-23-7-9-25(10-8-23)18(26)12-17-20(28)22-15-11-14(21)5-6-16(15)29-17/h5-6,11,17H,3-4,7-10,12-13H2,1-2H3,(H,22,28)/t17-/m1/s1. The summed E-state index contributed by atoms with van der Waals surface area (Å²) in [4.78, 5) is 44.0. The fraction of sp³-hybridized carbons (Fsp3) is 0.550.